The largest absolute Gasteiger partial charge is 0.455 e. The molecule has 0 bridgehead atoms. The van der Waals surface area contributed by atoms with Gasteiger partial charge in [-0.05, 0) is 103 Å². The fraction of sp³-hybridized carbons (Fsp3) is 0.391. The smallest absolute Gasteiger partial charge is 0.416 e. The minimum Gasteiger partial charge on any atom is -0.455 e. The lowest BCUT2D eigenvalue weighted by Gasteiger charge is -2.39. The first kappa shape index (κ1) is 43.9. The van der Waals surface area contributed by atoms with Crippen LogP contribution >= 0.6 is 0 Å². The number of nitrogens with zero attached hydrogens (tertiary/aromatic N) is 4. The number of aromatic amines is 1. The summed E-state index contributed by atoms with van der Waals surface area (Å²) in [5, 5.41) is 15.8. The van der Waals surface area contributed by atoms with Gasteiger partial charge in [-0.15, -0.1) is 0 Å². The molecule has 17 heteroatoms. The molecular weight excluding hydrogens is 838 g/mol. The maximum Gasteiger partial charge on any atom is 0.416 e. The van der Waals surface area contributed by atoms with Gasteiger partial charge >= 0.3 is 6.18 Å². The second-order valence-electron chi connectivity index (χ2n) is 17.4. The van der Waals surface area contributed by atoms with Gasteiger partial charge in [0.1, 0.15) is 28.6 Å². The van der Waals surface area contributed by atoms with Crippen LogP contribution in [0.25, 0.3) is 16.6 Å². The van der Waals surface area contributed by atoms with E-state index >= 15 is 0 Å². The van der Waals surface area contributed by atoms with Crippen molar-refractivity contribution in [1.82, 2.24) is 14.9 Å². The van der Waals surface area contributed by atoms with Gasteiger partial charge in [-0.25, -0.2) is 13.4 Å². The number of Topliss-reactive ketones (excluding diaryl/α,β-unsaturated/α-hetero) is 1. The number of carbonyl (C=O) groups is 1. The third kappa shape index (κ3) is 9.90. The Kier molecular flexibility index (Phi) is 12.1. The van der Waals surface area contributed by atoms with Crippen molar-refractivity contribution in [1.29, 1.82) is 0 Å². The highest BCUT2D eigenvalue weighted by molar-refractivity contribution is 7.92. The first-order chi connectivity index (χ1) is 29.9. The van der Waals surface area contributed by atoms with E-state index in [-0.39, 0.29) is 33.4 Å². The molecule has 0 radical (unpaired) electrons. The van der Waals surface area contributed by atoms with Gasteiger partial charge in [0.2, 0.25) is 0 Å². The van der Waals surface area contributed by atoms with E-state index in [1.54, 1.807) is 43.5 Å². The van der Waals surface area contributed by atoms with E-state index in [0.717, 1.165) is 47.5 Å². The van der Waals surface area contributed by atoms with Gasteiger partial charge < -0.3 is 24.7 Å². The van der Waals surface area contributed by atoms with Crippen LogP contribution in [0.15, 0.2) is 89.6 Å². The Labute approximate surface area is 363 Å². The SMILES string of the molecule is Cc1cc(C(F)(F)F)ccc1C1=C(CN2CCN(c3ccc(C(=O)CS(=O)(=O)c4ccc(N[C@H]5CCOC5)c([N+](=O)[O-])c4)c(Oc4cnc5[nH]ccc5c4)c3)CC2)CCC(C)(C)C1. The molecule has 2 aliphatic heterocycles. The number of benzene rings is 3. The maximum atomic E-state index is 14.0. The van der Waals surface area contributed by atoms with Crippen LogP contribution in [0.4, 0.5) is 30.2 Å². The number of nitrogens with one attached hydrogen (secondary N) is 2. The Morgan fingerprint density at radius 1 is 1.06 bits per heavy atom. The van der Waals surface area contributed by atoms with Crippen molar-refractivity contribution in [2.75, 3.05) is 61.9 Å². The molecule has 4 heterocycles. The van der Waals surface area contributed by atoms with Crippen LogP contribution < -0.4 is 15.0 Å². The first-order valence-electron chi connectivity index (χ1n) is 20.9. The third-order valence-corrected chi connectivity index (χ3v) is 13.8. The second-order valence-corrected chi connectivity index (χ2v) is 19.4. The molecule has 2 N–H and O–H groups in total. The van der Waals surface area contributed by atoms with Crippen LogP contribution in [0.5, 0.6) is 11.5 Å². The number of nitro benzene ring substituents is 1. The molecule has 63 heavy (non-hydrogen) atoms. The number of halogens is 3. The first-order valence-corrected chi connectivity index (χ1v) is 22.6. The molecule has 2 fully saturated rings. The van der Waals surface area contributed by atoms with Gasteiger partial charge in [-0.3, -0.25) is 19.8 Å². The number of pyridine rings is 1. The number of aryl methyl sites for hydroxylation is 1. The predicted octanol–water partition coefficient (Wildman–Crippen LogP) is 9.23. The number of H-pyrrole nitrogens is 1. The zero-order valence-electron chi connectivity index (χ0n) is 35.3. The molecule has 2 aromatic heterocycles. The number of fused-ring (bicyclic) bond motifs is 1. The summed E-state index contributed by atoms with van der Waals surface area (Å²) < 4.78 is 79.7. The molecule has 0 amide bonds. The van der Waals surface area contributed by atoms with Crippen molar-refractivity contribution >= 4 is 49.3 Å². The number of rotatable bonds is 13. The van der Waals surface area contributed by atoms with Gasteiger partial charge in [0.25, 0.3) is 5.69 Å². The third-order valence-electron chi connectivity index (χ3n) is 12.2. The molecule has 0 unspecified atom stereocenters. The molecule has 13 nitrogen and oxygen atoms in total. The monoisotopic (exact) mass is 886 g/mol. The number of piperazine rings is 1. The summed E-state index contributed by atoms with van der Waals surface area (Å²) in [6.07, 6.45) is 2.09. The summed E-state index contributed by atoms with van der Waals surface area (Å²) in [5.41, 5.74) is 4.36. The summed E-state index contributed by atoms with van der Waals surface area (Å²) >= 11 is 0. The zero-order chi connectivity index (χ0) is 44.7. The standard InChI is InChI=1S/C46H49F3N6O7S/c1-29-20-32(46(47,48)49)4-7-37(29)39-24-45(2,3)13-10-31(39)26-53-15-17-54(18-16-53)34-5-8-38(43(22-34)62-35-21-30-11-14-50-44(30)51-25-35)42(56)28-63(59,60)36-6-9-40(41(23-36)55(57)58)52-33-12-19-61-27-33/h4-9,11,14,20-23,25,33,52H,10,12-13,15-19,24,26-28H2,1-3H3,(H,50,51)/t33-/m0/s1. The molecule has 2 saturated heterocycles. The van der Waals surface area contributed by atoms with E-state index in [1.165, 1.54) is 36.0 Å². The number of allylic oxidation sites excluding steroid dienone is 1. The summed E-state index contributed by atoms with van der Waals surface area (Å²) in [5.74, 6) is -1.26. The van der Waals surface area contributed by atoms with Gasteiger partial charge in [0, 0.05) is 68.7 Å². The molecule has 0 spiro atoms. The van der Waals surface area contributed by atoms with Crippen molar-refractivity contribution in [2.24, 2.45) is 5.41 Å². The molecule has 8 rings (SSSR count). The Morgan fingerprint density at radius 2 is 1.86 bits per heavy atom. The predicted molar refractivity (Wildman–Crippen MR) is 234 cm³/mol. The van der Waals surface area contributed by atoms with Crippen LogP contribution in [-0.2, 0) is 20.8 Å². The zero-order valence-corrected chi connectivity index (χ0v) is 36.1. The van der Waals surface area contributed by atoms with Crippen molar-refractivity contribution in [2.45, 2.75) is 63.6 Å². The number of nitro groups is 1. The highest BCUT2D eigenvalue weighted by Gasteiger charge is 2.34. The number of ether oxygens (including phenoxy) is 2. The van der Waals surface area contributed by atoms with E-state index in [4.69, 9.17) is 9.47 Å². The van der Waals surface area contributed by atoms with E-state index in [1.807, 2.05) is 6.07 Å². The van der Waals surface area contributed by atoms with Crippen molar-refractivity contribution in [3.63, 3.8) is 0 Å². The topological polar surface area (TPSA) is 160 Å². The van der Waals surface area contributed by atoms with Crippen molar-refractivity contribution < 1.29 is 40.8 Å². The molecule has 3 aliphatic rings. The lowest BCUT2D eigenvalue weighted by Crippen LogP contribution is -2.47. The van der Waals surface area contributed by atoms with Gasteiger partial charge in [0.05, 0.1) is 39.8 Å². The highest BCUT2D eigenvalue weighted by Crippen LogP contribution is 2.45. The van der Waals surface area contributed by atoms with Gasteiger partial charge in [0.15, 0.2) is 15.6 Å². The summed E-state index contributed by atoms with van der Waals surface area (Å²) in [6.45, 7) is 10.4. The maximum absolute atomic E-state index is 14.0. The van der Waals surface area contributed by atoms with Gasteiger partial charge in [-0.1, -0.05) is 25.5 Å². The number of ketones is 1. The minimum absolute atomic E-state index is 0.0161. The lowest BCUT2D eigenvalue weighted by molar-refractivity contribution is -0.384. The minimum atomic E-state index is -4.41. The van der Waals surface area contributed by atoms with Crippen LogP contribution in [0.3, 0.4) is 0 Å². The van der Waals surface area contributed by atoms with Gasteiger partial charge in [-0.2, -0.15) is 13.2 Å². The van der Waals surface area contributed by atoms with Crippen LogP contribution in [0.1, 0.15) is 66.6 Å². The fourth-order valence-electron chi connectivity index (χ4n) is 8.71. The van der Waals surface area contributed by atoms with Crippen LogP contribution in [0.2, 0.25) is 0 Å². The Morgan fingerprint density at radius 3 is 2.57 bits per heavy atom. The summed E-state index contributed by atoms with van der Waals surface area (Å²) in [6, 6.07) is 16.0. The molecular formula is C46H49F3N6O7S. The van der Waals surface area contributed by atoms with Crippen LogP contribution in [0, 0.1) is 22.5 Å². The highest BCUT2D eigenvalue weighted by atomic mass is 32.2. The number of sulfone groups is 1. The number of anilines is 2. The molecule has 332 valence electrons. The number of alkyl halides is 3. The fourth-order valence-corrected chi connectivity index (χ4v) is 9.94. The average molecular weight is 887 g/mol. The Hall–Kier alpha value is -5.78. The number of hydrogen-bond donors (Lipinski definition) is 2. The van der Waals surface area contributed by atoms with Crippen molar-refractivity contribution in [3.05, 3.63) is 117 Å². The van der Waals surface area contributed by atoms with E-state index in [2.05, 4.69) is 38.9 Å². The molecule has 0 saturated carbocycles. The Bertz CT molecular complexity index is 2700. The van der Waals surface area contributed by atoms with E-state index in [9.17, 15) is 36.5 Å². The van der Waals surface area contributed by atoms with E-state index in [0.29, 0.717) is 69.3 Å². The number of carbonyl (C=O) groups excluding carboxylic acids is 1. The lowest BCUT2D eigenvalue weighted by atomic mass is 9.72. The molecule has 1 atom stereocenters. The summed E-state index contributed by atoms with van der Waals surface area (Å²) in [7, 11) is -4.35. The average Bonchev–Trinajstić information content (AvgIpc) is 3.93. The van der Waals surface area contributed by atoms with Crippen LogP contribution in [-0.4, -0.2) is 91.7 Å². The number of aromatic nitrogens is 2. The number of hydrogen-bond acceptors (Lipinski definition) is 11. The molecule has 3 aromatic carbocycles. The normalized spacial score (nSPS) is 18.5. The Balaban J connectivity index is 1.02. The summed E-state index contributed by atoms with van der Waals surface area (Å²) in [4.78, 5) is 36.9. The molecule has 1 aliphatic carbocycles. The van der Waals surface area contributed by atoms with E-state index < -0.39 is 43.7 Å². The second kappa shape index (κ2) is 17.4. The van der Waals surface area contributed by atoms with Crippen molar-refractivity contribution in [3.8, 4) is 11.5 Å². The molecule has 5 aromatic rings. The quantitative estimate of drug-likeness (QED) is 0.0659.